The molecule has 2 heterocycles. The molecule has 0 atom stereocenters. The van der Waals surface area contributed by atoms with Gasteiger partial charge in [0, 0.05) is 35.4 Å². The molecule has 0 aliphatic heterocycles. The summed E-state index contributed by atoms with van der Waals surface area (Å²) in [4.78, 5) is 4.02. The molecule has 4 nitrogen and oxygen atoms in total. The molecule has 0 radical (unpaired) electrons. The molecule has 0 saturated carbocycles. The van der Waals surface area contributed by atoms with E-state index in [1.807, 2.05) is 18.2 Å². The second kappa shape index (κ2) is 5.25. The van der Waals surface area contributed by atoms with Gasteiger partial charge in [0.15, 0.2) is 0 Å². The number of hydrogen-bond donors (Lipinski definition) is 1. The molecule has 0 fully saturated rings. The number of phenolic OH excluding ortho intramolecular Hbond substituents is 1. The van der Waals surface area contributed by atoms with Gasteiger partial charge in [0.2, 0.25) is 0 Å². The summed E-state index contributed by atoms with van der Waals surface area (Å²) in [6, 6.07) is 9.14. The van der Waals surface area contributed by atoms with E-state index in [0.29, 0.717) is 6.61 Å². The summed E-state index contributed by atoms with van der Waals surface area (Å²) in [6.07, 6.45) is 5.48. The van der Waals surface area contributed by atoms with Crippen molar-refractivity contribution in [1.29, 1.82) is 0 Å². The monoisotopic (exact) mass is 268 g/mol. The highest BCUT2D eigenvalue weighted by atomic mass is 16.5. The Morgan fingerprint density at radius 3 is 2.95 bits per heavy atom. The van der Waals surface area contributed by atoms with Crippen LogP contribution in [0, 0.1) is 0 Å². The normalized spacial score (nSPS) is 10.8. The zero-order chi connectivity index (χ0) is 13.9. The molecule has 0 bridgehead atoms. The Morgan fingerprint density at radius 1 is 1.30 bits per heavy atom. The third-order valence-electron chi connectivity index (χ3n) is 3.32. The van der Waals surface area contributed by atoms with Crippen molar-refractivity contribution in [3.8, 4) is 11.5 Å². The first-order valence-corrected chi connectivity index (χ1v) is 6.61. The summed E-state index contributed by atoms with van der Waals surface area (Å²) in [5.41, 5.74) is 2.16. The number of aromatic hydroxyl groups is 1. The smallest absolute Gasteiger partial charge is 0.138 e. The lowest BCUT2D eigenvalue weighted by molar-refractivity contribution is 0.306. The van der Waals surface area contributed by atoms with Gasteiger partial charge in [-0.3, -0.25) is 4.98 Å². The molecule has 0 aliphatic carbocycles. The number of hydrogen-bond acceptors (Lipinski definition) is 3. The summed E-state index contributed by atoms with van der Waals surface area (Å²) < 4.78 is 7.89. The fourth-order valence-electron chi connectivity index (χ4n) is 2.33. The Balaban J connectivity index is 1.93. The number of nitrogens with zero attached hydrogens (tertiary/aromatic N) is 2. The fourth-order valence-corrected chi connectivity index (χ4v) is 2.33. The zero-order valence-corrected chi connectivity index (χ0v) is 11.3. The maximum Gasteiger partial charge on any atom is 0.138 e. The van der Waals surface area contributed by atoms with E-state index in [1.165, 1.54) is 0 Å². The van der Waals surface area contributed by atoms with E-state index in [0.717, 1.165) is 28.8 Å². The second-order valence-electron chi connectivity index (χ2n) is 4.62. The third-order valence-corrected chi connectivity index (χ3v) is 3.32. The maximum absolute atomic E-state index is 9.66. The molecule has 20 heavy (non-hydrogen) atoms. The van der Waals surface area contributed by atoms with E-state index < -0.39 is 0 Å². The molecule has 3 rings (SSSR count). The van der Waals surface area contributed by atoms with Gasteiger partial charge in [-0.2, -0.15) is 0 Å². The predicted octanol–water partition coefficient (Wildman–Crippen LogP) is 3.34. The minimum absolute atomic E-state index is 0.272. The van der Waals surface area contributed by atoms with E-state index in [1.54, 1.807) is 24.5 Å². The maximum atomic E-state index is 9.66. The number of aryl methyl sites for hydroxylation is 1. The molecule has 102 valence electrons. The number of phenols is 1. The van der Waals surface area contributed by atoms with Crippen LogP contribution in [0.2, 0.25) is 0 Å². The Kier molecular flexibility index (Phi) is 3.29. The lowest BCUT2D eigenvalue weighted by Gasteiger charge is -2.04. The minimum Gasteiger partial charge on any atom is -0.508 e. The highest BCUT2D eigenvalue weighted by molar-refractivity contribution is 5.85. The van der Waals surface area contributed by atoms with E-state index in [4.69, 9.17) is 4.74 Å². The molecular weight excluding hydrogens is 252 g/mol. The highest BCUT2D eigenvalue weighted by Gasteiger charge is 2.09. The number of rotatable bonds is 4. The van der Waals surface area contributed by atoms with Gasteiger partial charge >= 0.3 is 0 Å². The van der Waals surface area contributed by atoms with Gasteiger partial charge in [0.1, 0.15) is 18.1 Å². The predicted molar refractivity (Wildman–Crippen MR) is 77.8 cm³/mol. The van der Waals surface area contributed by atoms with Crippen LogP contribution in [-0.2, 0) is 13.2 Å². The summed E-state index contributed by atoms with van der Waals surface area (Å²) in [6.45, 7) is 3.44. The standard InChI is InChI=1S/C16H16N2O2/c1-2-18-10-12(11-20-14-4-3-7-17-9-14)15-8-13(19)5-6-16(15)18/h3-10,19H,2,11H2,1H3. The molecule has 0 saturated heterocycles. The van der Waals surface area contributed by atoms with Crippen molar-refractivity contribution >= 4 is 10.9 Å². The van der Waals surface area contributed by atoms with E-state index in [2.05, 4.69) is 22.7 Å². The van der Waals surface area contributed by atoms with Crippen molar-refractivity contribution in [1.82, 2.24) is 9.55 Å². The van der Waals surface area contributed by atoms with Crippen molar-refractivity contribution in [3.05, 3.63) is 54.5 Å². The number of benzene rings is 1. The van der Waals surface area contributed by atoms with Crippen molar-refractivity contribution in [2.24, 2.45) is 0 Å². The van der Waals surface area contributed by atoms with E-state index in [-0.39, 0.29) is 5.75 Å². The number of fused-ring (bicyclic) bond motifs is 1. The molecule has 0 aliphatic rings. The molecule has 4 heteroatoms. The summed E-state index contributed by atoms with van der Waals surface area (Å²) in [5.74, 6) is 1.01. The summed E-state index contributed by atoms with van der Waals surface area (Å²) in [7, 11) is 0. The van der Waals surface area contributed by atoms with Crippen LogP contribution in [0.1, 0.15) is 12.5 Å². The van der Waals surface area contributed by atoms with Gasteiger partial charge in [-0.1, -0.05) is 0 Å². The summed E-state index contributed by atoms with van der Waals surface area (Å²) in [5, 5.41) is 10.7. The van der Waals surface area contributed by atoms with Crippen LogP contribution in [0.15, 0.2) is 48.9 Å². The van der Waals surface area contributed by atoms with Crippen molar-refractivity contribution < 1.29 is 9.84 Å². The van der Waals surface area contributed by atoms with Crippen LogP contribution in [0.4, 0.5) is 0 Å². The van der Waals surface area contributed by atoms with Crippen molar-refractivity contribution in [2.45, 2.75) is 20.1 Å². The lowest BCUT2D eigenvalue weighted by atomic mass is 10.2. The minimum atomic E-state index is 0.272. The highest BCUT2D eigenvalue weighted by Crippen LogP contribution is 2.26. The quantitative estimate of drug-likeness (QED) is 0.789. The van der Waals surface area contributed by atoms with Crippen LogP contribution in [0.25, 0.3) is 10.9 Å². The molecule has 0 spiro atoms. The van der Waals surface area contributed by atoms with Crippen LogP contribution in [0.5, 0.6) is 11.5 Å². The Hall–Kier alpha value is -2.49. The van der Waals surface area contributed by atoms with E-state index in [9.17, 15) is 5.11 Å². The van der Waals surface area contributed by atoms with Crippen LogP contribution in [0.3, 0.4) is 0 Å². The number of pyridine rings is 1. The average molecular weight is 268 g/mol. The fraction of sp³-hybridized carbons (Fsp3) is 0.188. The molecule has 1 N–H and O–H groups in total. The van der Waals surface area contributed by atoms with Crippen molar-refractivity contribution in [3.63, 3.8) is 0 Å². The molecule has 2 aromatic heterocycles. The number of aromatic nitrogens is 2. The van der Waals surface area contributed by atoms with Gasteiger partial charge in [-0.05, 0) is 37.3 Å². The largest absolute Gasteiger partial charge is 0.508 e. The van der Waals surface area contributed by atoms with Gasteiger partial charge in [-0.25, -0.2) is 0 Å². The van der Waals surface area contributed by atoms with Gasteiger partial charge in [0.25, 0.3) is 0 Å². The molecular formula is C16H16N2O2. The Morgan fingerprint density at radius 2 is 2.20 bits per heavy atom. The molecule has 1 aromatic carbocycles. The van der Waals surface area contributed by atoms with Gasteiger partial charge in [0.05, 0.1) is 6.20 Å². The van der Waals surface area contributed by atoms with Crippen LogP contribution < -0.4 is 4.74 Å². The topological polar surface area (TPSA) is 47.3 Å². The molecule has 0 amide bonds. The number of ether oxygens (including phenoxy) is 1. The Labute approximate surface area is 117 Å². The summed E-state index contributed by atoms with van der Waals surface area (Å²) >= 11 is 0. The first-order chi connectivity index (χ1) is 9.78. The van der Waals surface area contributed by atoms with Crippen LogP contribution >= 0.6 is 0 Å². The second-order valence-corrected chi connectivity index (χ2v) is 4.62. The van der Waals surface area contributed by atoms with Crippen LogP contribution in [-0.4, -0.2) is 14.7 Å². The SMILES string of the molecule is CCn1cc(COc2cccnc2)c2cc(O)ccc21. The first kappa shape index (κ1) is 12.5. The van der Waals surface area contributed by atoms with Gasteiger partial charge in [-0.15, -0.1) is 0 Å². The van der Waals surface area contributed by atoms with E-state index >= 15 is 0 Å². The lowest BCUT2D eigenvalue weighted by Crippen LogP contribution is -1.95. The van der Waals surface area contributed by atoms with Crippen molar-refractivity contribution in [2.75, 3.05) is 0 Å². The zero-order valence-electron chi connectivity index (χ0n) is 11.3. The average Bonchev–Trinajstić information content (AvgIpc) is 2.83. The molecule has 0 unspecified atom stereocenters. The first-order valence-electron chi connectivity index (χ1n) is 6.61. The third kappa shape index (κ3) is 2.32. The van der Waals surface area contributed by atoms with Gasteiger partial charge < -0.3 is 14.4 Å². The molecule has 3 aromatic rings. The Bertz CT molecular complexity index is 720.